The van der Waals surface area contributed by atoms with Crippen LogP contribution in [0.1, 0.15) is 76.3 Å². The molecule has 0 bridgehead atoms. The molecule has 0 amide bonds. The monoisotopic (exact) mass is 463 g/mol. The highest BCUT2D eigenvalue weighted by Gasteiger charge is 2.25. The molecular formula is C24H29N7O2. The molecule has 4 heterocycles. The Balaban J connectivity index is 1.64. The van der Waals surface area contributed by atoms with Crippen LogP contribution in [-0.2, 0) is 0 Å². The molecule has 2 aliphatic rings. The van der Waals surface area contributed by atoms with Gasteiger partial charge >= 0.3 is 0 Å². The van der Waals surface area contributed by atoms with Gasteiger partial charge < -0.3 is 15.5 Å². The largest absolute Gasteiger partial charge is 0.368 e. The molecule has 0 radical (unpaired) electrons. The summed E-state index contributed by atoms with van der Waals surface area (Å²) in [7, 11) is 0. The van der Waals surface area contributed by atoms with Crippen molar-refractivity contribution >= 4 is 34.3 Å². The van der Waals surface area contributed by atoms with Gasteiger partial charge in [-0.2, -0.15) is 4.98 Å². The number of pyridine rings is 2. The molecule has 3 aromatic rings. The van der Waals surface area contributed by atoms with E-state index in [1.54, 1.807) is 5.32 Å². The van der Waals surface area contributed by atoms with Crippen molar-refractivity contribution in [1.82, 2.24) is 24.8 Å². The number of nitrogens with zero attached hydrogens (tertiary/aromatic N) is 5. The Morgan fingerprint density at radius 1 is 1.18 bits per heavy atom. The van der Waals surface area contributed by atoms with Gasteiger partial charge in [0.15, 0.2) is 5.78 Å². The average Bonchev–Trinajstić information content (AvgIpc) is 3.00. The highest BCUT2D eigenvalue weighted by Crippen LogP contribution is 2.32. The molecule has 2 N–H and O–H groups in total. The zero-order chi connectivity index (χ0) is 37.3. The van der Waals surface area contributed by atoms with Crippen LogP contribution in [0.25, 0.3) is 11.0 Å². The Morgan fingerprint density at radius 2 is 1.94 bits per heavy atom. The number of hydrogen-bond donors (Lipinski definition) is 2. The number of aryl methyl sites for hydroxylation is 1. The van der Waals surface area contributed by atoms with Gasteiger partial charge in [0.2, 0.25) is 5.95 Å². The van der Waals surface area contributed by atoms with Gasteiger partial charge in [-0.3, -0.25) is 14.2 Å². The number of carbonyl (C=O) groups is 1. The van der Waals surface area contributed by atoms with Crippen LogP contribution in [0.4, 0.5) is 17.5 Å². The SMILES string of the molecule is [2H]C1([2H])NC([2H])([2H])C([2H])([2H])N(c2ccc(Nc3ncc4c(C)c(C(C)=O)c(=O)n(C5C([2H])([2H])C([2H])([2H])C([2H])([2H])C5([2H])[2H])c4n3)nc2)C1([2H])[2H]. The summed E-state index contributed by atoms with van der Waals surface area (Å²) in [6.07, 6.45) is -11.6. The summed E-state index contributed by atoms with van der Waals surface area (Å²) in [6.45, 7) is -9.95. The van der Waals surface area contributed by atoms with E-state index in [2.05, 4.69) is 20.3 Å². The number of aromatic nitrogens is 4. The van der Waals surface area contributed by atoms with Crippen LogP contribution >= 0.6 is 0 Å². The zero-order valence-corrected chi connectivity index (χ0v) is 17.4. The van der Waals surface area contributed by atoms with E-state index in [1.165, 1.54) is 6.92 Å². The number of fused-ring (bicyclic) bond motifs is 1. The van der Waals surface area contributed by atoms with Gasteiger partial charge in [0.1, 0.15) is 11.5 Å². The number of hydrogen-bond acceptors (Lipinski definition) is 8. The summed E-state index contributed by atoms with van der Waals surface area (Å²) < 4.78 is 132. The van der Waals surface area contributed by atoms with Gasteiger partial charge in [-0.15, -0.1) is 0 Å². The molecule has 0 spiro atoms. The zero-order valence-electron chi connectivity index (χ0n) is 33.4. The first kappa shape index (κ1) is 9.89. The molecule has 0 unspecified atom stereocenters. The first-order valence-electron chi connectivity index (χ1n) is 17.8. The van der Waals surface area contributed by atoms with Crippen molar-refractivity contribution in [3.05, 3.63) is 46.0 Å². The van der Waals surface area contributed by atoms with Crippen molar-refractivity contribution in [2.45, 2.75) is 45.4 Å². The lowest BCUT2D eigenvalue weighted by Crippen LogP contribution is -2.43. The van der Waals surface area contributed by atoms with E-state index in [0.717, 1.165) is 31.5 Å². The maximum atomic E-state index is 13.8. The fraction of sp³-hybridized carbons (Fsp3) is 0.458. The van der Waals surface area contributed by atoms with Gasteiger partial charge in [0.25, 0.3) is 5.56 Å². The Kier molecular flexibility index (Phi) is 2.67. The van der Waals surface area contributed by atoms with Crippen LogP contribution in [0.5, 0.6) is 0 Å². The summed E-state index contributed by atoms with van der Waals surface area (Å²) in [4.78, 5) is 39.1. The number of ketones is 1. The topological polar surface area (TPSA) is 105 Å². The van der Waals surface area contributed by atoms with Gasteiger partial charge in [-0.05, 0) is 44.3 Å². The fourth-order valence-corrected chi connectivity index (χ4v) is 3.48. The Morgan fingerprint density at radius 3 is 2.61 bits per heavy atom. The standard InChI is InChI=1S/C24H29N7O2/c1-15-19-14-27-24(28-20-8-7-18(13-26-20)30-11-9-25-10-12-30)29-22(19)31(17-5-3-4-6-17)23(33)21(15)16(2)32/h7-8,13-14,17,25H,3-6,9-12H2,1-2H3,(H,26,27,28,29)/i3D2,4D2,5D2,6D2,9D2,10D2,11D2,12D2. The molecule has 2 fully saturated rings. The van der Waals surface area contributed by atoms with Crippen LogP contribution in [0.3, 0.4) is 0 Å². The van der Waals surface area contributed by atoms with Gasteiger partial charge in [-0.25, -0.2) is 9.97 Å². The predicted octanol–water partition coefficient (Wildman–Crippen LogP) is 2.97. The maximum Gasteiger partial charge on any atom is 0.263 e. The summed E-state index contributed by atoms with van der Waals surface area (Å²) >= 11 is 0. The number of nitrogens with one attached hydrogen (secondary N) is 2. The van der Waals surface area contributed by atoms with Gasteiger partial charge in [0.05, 0.1) is 22.9 Å². The average molecular weight is 464 g/mol. The van der Waals surface area contributed by atoms with Gasteiger partial charge in [-0.1, -0.05) is 12.7 Å². The van der Waals surface area contributed by atoms with E-state index < -0.39 is 80.1 Å². The highest BCUT2D eigenvalue weighted by atomic mass is 16.1. The fourth-order valence-electron chi connectivity index (χ4n) is 3.48. The lowest BCUT2D eigenvalue weighted by atomic mass is 10.0. The lowest BCUT2D eigenvalue weighted by Gasteiger charge is -2.29. The van der Waals surface area contributed by atoms with E-state index >= 15 is 0 Å². The predicted molar refractivity (Wildman–Crippen MR) is 129 cm³/mol. The van der Waals surface area contributed by atoms with E-state index in [1.807, 2.05) is 0 Å². The molecule has 3 aromatic heterocycles. The van der Waals surface area contributed by atoms with Crippen LogP contribution in [-0.4, -0.2) is 51.3 Å². The summed E-state index contributed by atoms with van der Waals surface area (Å²) in [5.74, 6) is -1.24. The molecule has 5 rings (SSSR count). The van der Waals surface area contributed by atoms with Crippen molar-refractivity contribution in [3.8, 4) is 0 Å². The number of anilines is 3. The molecule has 9 heteroatoms. The second-order valence-electron chi connectivity index (χ2n) is 7.06. The molecule has 33 heavy (non-hydrogen) atoms. The minimum Gasteiger partial charge on any atom is -0.368 e. The van der Waals surface area contributed by atoms with Crippen LogP contribution in [0.15, 0.2) is 29.3 Å². The number of carbonyl (C=O) groups excluding carboxylic acids is 1. The Hall–Kier alpha value is -3.33. The molecule has 1 aliphatic carbocycles. The highest BCUT2D eigenvalue weighted by molar-refractivity contribution is 5.99. The summed E-state index contributed by atoms with van der Waals surface area (Å²) in [5.41, 5.74) is -2.52. The summed E-state index contributed by atoms with van der Waals surface area (Å²) in [6, 6.07) is -0.198. The van der Waals surface area contributed by atoms with Crippen LogP contribution < -0.4 is 21.1 Å². The molecule has 1 saturated heterocycles. The first-order chi connectivity index (χ1) is 22.0. The van der Waals surface area contributed by atoms with E-state index in [9.17, 15) is 9.59 Å². The normalized spacial score (nSPS) is 36.4. The second kappa shape index (κ2) is 8.90. The number of rotatable bonds is 5. The van der Waals surface area contributed by atoms with Crippen molar-refractivity contribution < 1.29 is 26.7 Å². The number of Topliss-reactive ketones (excluding diaryl/α,β-unsaturated/α-hetero) is 1. The molecule has 172 valence electrons. The molecule has 1 saturated carbocycles. The minimum absolute atomic E-state index is 0.0370. The van der Waals surface area contributed by atoms with E-state index in [0.29, 0.717) is 4.57 Å². The van der Waals surface area contributed by atoms with E-state index in [4.69, 9.17) is 21.9 Å². The molecule has 0 aromatic carbocycles. The molecule has 0 atom stereocenters. The molecule has 1 aliphatic heterocycles. The smallest absolute Gasteiger partial charge is 0.263 e. The van der Waals surface area contributed by atoms with Crippen molar-refractivity contribution in [2.24, 2.45) is 0 Å². The third-order valence-electron chi connectivity index (χ3n) is 5.01. The first-order valence-corrected chi connectivity index (χ1v) is 9.76. The van der Waals surface area contributed by atoms with Crippen LogP contribution in [0, 0.1) is 6.92 Å². The van der Waals surface area contributed by atoms with E-state index in [-0.39, 0.29) is 33.3 Å². The number of piperazine rings is 1. The Bertz CT molecular complexity index is 1880. The van der Waals surface area contributed by atoms with Crippen LogP contribution in [0.2, 0.25) is 0 Å². The minimum atomic E-state index is -3.46. The third kappa shape index (κ3) is 4.08. The van der Waals surface area contributed by atoms with Gasteiger partial charge in [0, 0.05) is 60.1 Å². The molecule has 9 nitrogen and oxygen atoms in total. The van der Waals surface area contributed by atoms with Crippen molar-refractivity contribution in [3.63, 3.8) is 0 Å². The molecular weight excluding hydrogens is 418 g/mol. The third-order valence-corrected chi connectivity index (χ3v) is 5.01. The summed E-state index contributed by atoms with van der Waals surface area (Å²) in [5, 5.41) is 4.34. The maximum absolute atomic E-state index is 13.8. The lowest BCUT2D eigenvalue weighted by molar-refractivity contribution is 0.101. The van der Waals surface area contributed by atoms with Crippen molar-refractivity contribution in [1.29, 1.82) is 0 Å². The Labute approximate surface area is 214 Å². The van der Waals surface area contributed by atoms with Crippen molar-refractivity contribution in [2.75, 3.05) is 36.2 Å². The second-order valence-corrected chi connectivity index (χ2v) is 7.06. The quantitative estimate of drug-likeness (QED) is 0.557.